The van der Waals surface area contributed by atoms with Crippen LogP contribution in [-0.2, 0) is 11.2 Å². The molecule has 1 atom stereocenters. The van der Waals surface area contributed by atoms with Gasteiger partial charge in [-0.2, -0.15) is 0 Å². The predicted octanol–water partition coefficient (Wildman–Crippen LogP) is 2.36. The molecule has 21 heavy (non-hydrogen) atoms. The van der Waals surface area contributed by atoms with Gasteiger partial charge in [-0.3, -0.25) is 4.79 Å². The van der Waals surface area contributed by atoms with E-state index in [2.05, 4.69) is 5.32 Å². The van der Waals surface area contributed by atoms with Crippen LogP contribution in [0.25, 0.3) is 0 Å². The first kappa shape index (κ1) is 15.1. The van der Waals surface area contributed by atoms with Gasteiger partial charge in [-0.05, 0) is 23.3 Å². The second-order valence-corrected chi connectivity index (χ2v) is 4.66. The van der Waals surface area contributed by atoms with E-state index in [0.29, 0.717) is 11.1 Å². The summed E-state index contributed by atoms with van der Waals surface area (Å²) in [5.74, 6) is -2.29. The van der Waals surface area contributed by atoms with E-state index < -0.39 is 17.7 Å². The molecule has 1 amide bonds. The molecule has 0 saturated carbocycles. The van der Waals surface area contributed by atoms with Crippen molar-refractivity contribution in [1.29, 1.82) is 0 Å². The standard InChI is InChI=1S/C16H15F2NO2/c17-13-7-6-11(8-14(13)18)9-16(21)19-10-15(20)12-4-2-1-3-5-12/h1-8,15,20H,9-10H2,(H,19,21). The number of halogens is 2. The highest BCUT2D eigenvalue weighted by Crippen LogP contribution is 2.11. The minimum Gasteiger partial charge on any atom is -0.387 e. The third kappa shape index (κ3) is 4.36. The van der Waals surface area contributed by atoms with Gasteiger partial charge in [0.25, 0.3) is 0 Å². The van der Waals surface area contributed by atoms with Crippen LogP contribution >= 0.6 is 0 Å². The molecule has 2 rings (SSSR count). The maximum absolute atomic E-state index is 13.0. The molecule has 0 aliphatic rings. The number of aliphatic hydroxyl groups is 1. The van der Waals surface area contributed by atoms with E-state index in [0.717, 1.165) is 12.1 Å². The molecule has 2 aromatic rings. The van der Waals surface area contributed by atoms with E-state index in [9.17, 15) is 18.7 Å². The van der Waals surface area contributed by atoms with Crippen LogP contribution in [0.5, 0.6) is 0 Å². The predicted molar refractivity (Wildman–Crippen MR) is 74.5 cm³/mol. The number of hydrogen-bond donors (Lipinski definition) is 2. The van der Waals surface area contributed by atoms with Crippen LogP contribution in [0, 0.1) is 11.6 Å². The van der Waals surface area contributed by atoms with Crippen LogP contribution in [0.2, 0.25) is 0 Å². The van der Waals surface area contributed by atoms with E-state index >= 15 is 0 Å². The van der Waals surface area contributed by atoms with Crippen molar-refractivity contribution in [1.82, 2.24) is 5.32 Å². The summed E-state index contributed by atoms with van der Waals surface area (Å²) in [7, 11) is 0. The van der Waals surface area contributed by atoms with Gasteiger partial charge in [-0.25, -0.2) is 8.78 Å². The number of amides is 1. The Balaban J connectivity index is 1.86. The van der Waals surface area contributed by atoms with Crippen LogP contribution in [0.15, 0.2) is 48.5 Å². The van der Waals surface area contributed by atoms with Gasteiger partial charge >= 0.3 is 0 Å². The van der Waals surface area contributed by atoms with Crippen LogP contribution < -0.4 is 5.32 Å². The zero-order valence-electron chi connectivity index (χ0n) is 11.2. The zero-order chi connectivity index (χ0) is 15.2. The first-order valence-corrected chi connectivity index (χ1v) is 6.50. The first-order valence-electron chi connectivity index (χ1n) is 6.50. The van der Waals surface area contributed by atoms with Gasteiger partial charge < -0.3 is 10.4 Å². The molecule has 0 radical (unpaired) electrons. The smallest absolute Gasteiger partial charge is 0.224 e. The van der Waals surface area contributed by atoms with Crippen LogP contribution in [0.4, 0.5) is 8.78 Å². The first-order chi connectivity index (χ1) is 10.1. The van der Waals surface area contributed by atoms with Crippen molar-refractivity contribution in [2.75, 3.05) is 6.54 Å². The molecule has 0 saturated heterocycles. The highest BCUT2D eigenvalue weighted by atomic mass is 19.2. The summed E-state index contributed by atoms with van der Waals surface area (Å²) >= 11 is 0. The molecule has 0 heterocycles. The number of carbonyl (C=O) groups excluding carboxylic acids is 1. The van der Waals surface area contributed by atoms with E-state index in [4.69, 9.17) is 0 Å². The third-order valence-electron chi connectivity index (χ3n) is 3.03. The molecule has 3 nitrogen and oxygen atoms in total. The van der Waals surface area contributed by atoms with Crippen molar-refractivity contribution in [3.8, 4) is 0 Å². The van der Waals surface area contributed by atoms with Gasteiger partial charge in [0.15, 0.2) is 11.6 Å². The quantitative estimate of drug-likeness (QED) is 0.888. The zero-order valence-corrected chi connectivity index (χ0v) is 11.2. The van der Waals surface area contributed by atoms with Crippen LogP contribution in [0.1, 0.15) is 17.2 Å². The Morgan fingerprint density at radius 3 is 2.48 bits per heavy atom. The highest BCUT2D eigenvalue weighted by molar-refractivity contribution is 5.78. The lowest BCUT2D eigenvalue weighted by molar-refractivity contribution is -0.120. The fraction of sp³-hybridized carbons (Fsp3) is 0.188. The number of hydrogen-bond acceptors (Lipinski definition) is 2. The normalized spacial score (nSPS) is 12.0. The number of nitrogens with one attached hydrogen (secondary N) is 1. The van der Waals surface area contributed by atoms with Crippen molar-refractivity contribution in [2.45, 2.75) is 12.5 Å². The van der Waals surface area contributed by atoms with Gasteiger partial charge in [0.05, 0.1) is 12.5 Å². The van der Waals surface area contributed by atoms with Gasteiger partial charge in [0.2, 0.25) is 5.91 Å². The molecule has 0 aromatic heterocycles. The molecule has 2 N–H and O–H groups in total. The Hall–Kier alpha value is -2.27. The van der Waals surface area contributed by atoms with Crippen LogP contribution in [-0.4, -0.2) is 17.6 Å². The van der Waals surface area contributed by atoms with E-state index in [1.54, 1.807) is 24.3 Å². The molecule has 110 valence electrons. The summed E-state index contributed by atoms with van der Waals surface area (Å²) < 4.78 is 25.8. The van der Waals surface area contributed by atoms with Crippen molar-refractivity contribution < 1.29 is 18.7 Å². The van der Waals surface area contributed by atoms with Crippen molar-refractivity contribution in [2.24, 2.45) is 0 Å². The number of rotatable bonds is 5. The average Bonchev–Trinajstić information content (AvgIpc) is 2.49. The van der Waals surface area contributed by atoms with Crippen molar-refractivity contribution in [3.05, 3.63) is 71.3 Å². The molecular formula is C16H15F2NO2. The number of benzene rings is 2. The minimum atomic E-state index is -0.982. The van der Waals surface area contributed by atoms with Gasteiger partial charge in [0.1, 0.15) is 0 Å². The van der Waals surface area contributed by atoms with Gasteiger partial charge in [0, 0.05) is 6.54 Å². The number of carbonyl (C=O) groups is 1. The van der Waals surface area contributed by atoms with Crippen LogP contribution in [0.3, 0.4) is 0 Å². The molecule has 1 unspecified atom stereocenters. The summed E-state index contributed by atoms with van der Waals surface area (Å²) in [5, 5.41) is 12.5. The summed E-state index contributed by atoms with van der Waals surface area (Å²) in [6.07, 6.45) is -0.876. The topological polar surface area (TPSA) is 49.3 Å². The molecular weight excluding hydrogens is 276 g/mol. The molecule has 0 spiro atoms. The van der Waals surface area contributed by atoms with E-state index in [1.165, 1.54) is 6.07 Å². The SMILES string of the molecule is O=C(Cc1ccc(F)c(F)c1)NCC(O)c1ccccc1. The minimum absolute atomic E-state index is 0.0620. The molecule has 5 heteroatoms. The maximum atomic E-state index is 13.0. The van der Waals surface area contributed by atoms with Gasteiger partial charge in [-0.15, -0.1) is 0 Å². The number of aliphatic hydroxyl groups excluding tert-OH is 1. The molecule has 0 aliphatic heterocycles. The fourth-order valence-electron chi connectivity index (χ4n) is 1.90. The Bertz CT molecular complexity index is 617. The highest BCUT2D eigenvalue weighted by Gasteiger charge is 2.10. The van der Waals surface area contributed by atoms with Crippen molar-refractivity contribution in [3.63, 3.8) is 0 Å². The molecule has 0 aliphatic carbocycles. The Morgan fingerprint density at radius 1 is 1.10 bits per heavy atom. The third-order valence-corrected chi connectivity index (χ3v) is 3.03. The summed E-state index contributed by atoms with van der Waals surface area (Å²) in [4.78, 5) is 11.7. The lowest BCUT2D eigenvalue weighted by atomic mass is 10.1. The fourth-order valence-corrected chi connectivity index (χ4v) is 1.90. The molecule has 2 aromatic carbocycles. The monoisotopic (exact) mass is 291 g/mol. The molecule has 0 fully saturated rings. The molecule has 0 bridgehead atoms. The maximum Gasteiger partial charge on any atom is 0.224 e. The van der Waals surface area contributed by atoms with Gasteiger partial charge in [-0.1, -0.05) is 36.4 Å². The lowest BCUT2D eigenvalue weighted by Crippen LogP contribution is -2.29. The summed E-state index contributed by atoms with van der Waals surface area (Å²) in [6.45, 7) is 0.0620. The summed E-state index contributed by atoms with van der Waals surface area (Å²) in [6, 6.07) is 12.3. The largest absolute Gasteiger partial charge is 0.387 e. The Labute approximate surface area is 121 Å². The van der Waals surface area contributed by atoms with Crippen molar-refractivity contribution >= 4 is 5.91 Å². The second kappa shape index (κ2) is 6.95. The summed E-state index contributed by atoms with van der Waals surface area (Å²) in [5.41, 5.74) is 1.08. The van der Waals surface area contributed by atoms with E-state index in [-0.39, 0.29) is 18.9 Å². The second-order valence-electron chi connectivity index (χ2n) is 4.66. The lowest BCUT2D eigenvalue weighted by Gasteiger charge is -2.12. The average molecular weight is 291 g/mol. The Kier molecular flexibility index (Phi) is 5.00. The Morgan fingerprint density at radius 2 is 1.81 bits per heavy atom. The van der Waals surface area contributed by atoms with E-state index in [1.807, 2.05) is 6.07 Å².